The van der Waals surface area contributed by atoms with Crippen LogP contribution in [0.4, 0.5) is 0 Å². The molecular weight excluding hydrogens is 372 g/mol. The van der Waals surface area contributed by atoms with Gasteiger partial charge in [0.25, 0.3) is 0 Å². The number of thioether (sulfide) groups is 1. The average Bonchev–Trinajstić information content (AvgIpc) is 2.59. The summed E-state index contributed by atoms with van der Waals surface area (Å²) < 4.78 is 4.67. The standard InChI is InChI=1S/C18H22N2O4S2/c1-4-5-11(18(23)24-3)17(25)20-15(21)9-14-16(22)19-12-8-10(2)6-7-13(12)26-14/h4-5,7-8,10,14,25H,6,9H2,1-3H3,(H,19,22)(H,20,21)/b5-4+,17-11+. The van der Waals surface area contributed by atoms with E-state index in [2.05, 4.69) is 41.0 Å². The third kappa shape index (κ3) is 5.04. The number of ether oxygens (including phenoxy) is 1. The molecule has 1 saturated heterocycles. The molecule has 8 heteroatoms. The molecule has 6 nitrogen and oxygen atoms in total. The number of hydrogen-bond donors (Lipinski definition) is 3. The van der Waals surface area contributed by atoms with Crippen molar-refractivity contribution >= 4 is 42.2 Å². The van der Waals surface area contributed by atoms with Crippen LogP contribution >= 0.6 is 24.4 Å². The highest BCUT2D eigenvalue weighted by molar-refractivity contribution is 8.04. The van der Waals surface area contributed by atoms with Crippen molar-refractivity contribution in [2.45, 2.75) is 31.9 Å². The van der Waals surface area contributed by atoms with Gasteiger partial charge >= 0.3 is 5.97 Å². The molecule has 0 spiro atoms. The summed E-state index contributed by atoms with van der Waals surface area (Å²) in [6.45, 7) is 3.82. The van der Waals surface area contributed by atoms with Gasteiger partial charge in [0.1, 0.15) is 0 Å². The smallest absolute Gasteiger partial charge is 0.340 e. The molecule has 2 aliphatic rings. The lowest BCUT2D eigenvalue weighted by molar-refractivity contribution is -0.135. The summed E-state index contributed by atoms with van der Waals surface area (Å²) in [7, 11) is 1.25. The Morgan fingerprint density at radius 2 is 2.23 bits per heavy atom. The number of allylic oxidation sites excluding steroid dienone is 3. The number of esters is 1. The van der Waals surface area contributed by atoms with E-state index in [1.54, 1.807) is 13.0 Å². The van der Waals surface area contributed by atoms with Crippen LogP contribution in [-0.2, 0) is 19.1 Å². The van der Waals surface area contributed by atoms with Crippen LogP contribution < -0.4 is 10.6 Å². The molecule has 2 N–H and O–H groups in total. The summed E-state index contributed by atoms with van der Waals surface area (Å²) in [5, 5.41) is 4.98. The lowest BCUT2D eigenvalue weighted by Gasteiger charge is -2.29. The molecule has 0 saturated carbocycles. The summed E-state index contributed by atoms with van der Waals surface area (Å²) in [4.78, 5) is 37.3. The van der Waals surface area contributed by atoms with Gasteiger partial charge in [0.15, 0.2) is 0 Å². The van der Waals surface area contributed by atoms with Gasteiger partial charge < -0.3 is 15.4 Å². The van der Waals surface area contributed by atoms with Gasteiger partial charge in [-0.3, -0.25) is 9.59 Å². The van der Waals surface area contributed by atoms with Crippen molar-refractivity contribution in [1.82, 2.24) is 10.6 Å². The van der Waals surface area contributed by atoms with Crippen molar-refractivity contribution in [2.24, 2.45) is 5.92 Å². The fourth-order valence-corrected chi connectivity index (χ4v) is 3.98. The molecule has 1 heterocycles. The Kier molecular flexibility index (Phi) is 7.16. The number of thiol groups is 1. The summed E-state index contributed by atoms with van der Waals surface area (Å²) in [6, 6.07) is 0. The molecule has 1 aliphatic heterocycles. The molecule has 140 valence electrons. The van der Waals surface area contributed by atoms with Crippen molar-refractivity contribution in [3.63, 3.8) is 0 Å². The van der Waals surface area contributed by atoms with E-state index in [0.717, 1.165) is 17.0 Å². The first-order valence-electron chi connectivity index (χ1n) is 8.19. The van der Waals surface area contributed by atoms with Gasteiger partial charge in [-0.05, 0) is 25.3 Å². The van der Waals surface area contributed by atoms with Crippen LogP contribution in [0.5, 0.6) is 0 Å². The minimum atomic E-state index is -0.602. The Bertz CT molecular complexity index is 737. The Balaban J connectivity index is 2.04. The van der Waals surface area contributed by atoms with Gasteiger partial charge in [-0.15, -0.1) is 24.4 Å². The molecule has 26 heavy (non-hydrogen) atoms. The van der Waals surface area contributed by atoms with Crippen LogP contribution in [-0.4, -0.2) is 30.1 Å². The van der Waals surface area contributed by atoms with E-state index in [-0.39, 0.29) is 22.9 Å². The third-order valence-electron chi connectivity index (χ3n) is 3.83. The van der Waals surface area contributed by atoms with E-state index in [0.29, 0.717) is 5.92 Å². The highest BCUT2D eigenvalue weighted by atomic mass is 32.2. The van der Waals surface area contributed by atoms with Crippen LogP contribution in [0, 0.1) is 5.92 Å². The zero-order valence-electron chi connectivity index (χ0n) is 14.9. The van der Waals surface area contributed by atoms with E-state index < -0.39 is 17.1 Å². The Hall–Kier alpha value is -1.93. The fraction of sp³-hybridized carbons (Fsp3) is 0.389. The van der Waals surface area contributed by atoms with Crippen molar-refractivity contribution < 1.29 is 19.1 Å². The number of nitrogens with one attached hydrogen (secondary N) is 2. The first-order chi connectivity index (χ1) is 12.3. The van der Waals surface area contributed by atoms with E-state index >= 15 is 0 Å². The monoisotopic (exact) mass is 394 g/mol. The molecule has 1 fully saturated rings. The lowest BCUT2D eigenvalue weighted by Crippen LogP contribution is -2.40. The fourth-order valence-electron chi connectivity index (χ4n) is 2.55. The first-order valence-corrected chi connectivity index (χ1v) is 9.52. The van der Waals surface area contributed by atoms with Crippen LogP contribution in [0.15, 0.2) is 45.5 Å². The van der Waals surface area contributed by atoms with E-state index in [1.165, 1.54) is 24.9 Å². The third-order valence-corrected chi connectivity index (χ3v) is 5.49. The normalized spacial score (nSPS) is 23.3. The second kappa shape index (κ2) is 9.14. The molecule has 1 aliphatic carbocycles. The highest BCUT2D eigenvalue weighted by Crippen LogP contribution is 2.37. The highest BCUT2D eigenvalue weighted by Gasteiger charge is 2.32. The van der Waals surface area contributed by atoms with E-state index in [1.807, 2.05) is 6.08 Å². The molecule has 0 aromatic heterocycles. The number of fused-ring (bicyclic) bond motifs is 1. The second-order valence-corrected chi connectivity index (χ2v) is 7.66. The molecule has 0 aromatic rings. The van der Waals surface area contributed by atoms with Crippen molar-refractivity contribution in [3.05, 3.63) is 45.5 Å². The molecule has 2 amide bonds. The first kappa shape index (κ1) is 20.4. The number of methoxy groups -OCH3 is 1. The van der Waals surface area contributed by atoms with Crippen LogP contribution in [0.2, 0.25) is 0 Å². The minimum absolute atomic E-state index is 0.0228. The van der Waals surface area contributed by atoms with Crippen molar-refractivity contribution in [2.75, 3.05) is 7.11 Å². The molecule has 2 unspecified atom stereocenters. The van der Waals surface area contributed by atoms with Gasteiger partial charge in [-0.1, -0.05) is 25.2 Å². The Morgan fingerprint density at radius 1 is 1.50 bits per heavy atom. The number of amides is 2. The van der Waals surface area contributed by atoms with E-state index in [4.69, 9.17) is 0 Å². The van der Waals surface area contributed by atoms with Gasteiger partial charge in [0.05, 0.1) is 28.7 Å². The average molecular weight is 395 g/mol. The van der Waals surface area contributed by atoms with Crippen LogP contribution in [0.3, 0.4) is 0 Å². The molecular formula is C18H22N2O4S2. The molecule has 0 radical (unpaired) electrons. The summed E-state index contributed by atoms with van der Waals surface area (Å²) >= 11 is 5.57. The van der Waals surface area contributed by atoms with Gasteiger partial charge in [0.2, 0.25) is 11.8 Å². The summed E-state index contributed by atoms with van der Waals surface area (Å²) in [6.07, 6.45) is 8.15. The van der Waals surface area contributed by atoms with E-state index in [9.17, 15) is 14.4 Å². The SMILES string of the molecule is C/C=C/C(C(=O)OC)=C(\S)NC(=O)CC1SC2=CCC(C)C=C2NC1=O. The quantitative estimate of drug-likeness (QED) is 0.289. The zero-order chi connectivity index (χ0) is 19.3. The number of carbonyl (C=O) groups is 3. The Labute approximate surface area is 162 Å². The summed E-state index contributed by atoms with van der Waals surface area (Å²) in [5.74, 6) is -0.816. The van der Waals surface area contributed by atoms with Gasteiger partial charge in [0, 0.05) is 11.3 Å². The van der Waals surface area contributed by atoms with Crippen molar-refractivity contribution in [1.29, 1.82) is 0 Å². The molecule has 0 aromatic carbocycles. The molecule has 0 bridgehead atoms. The second-order valence-electron chi connectivity index (χ2n) is 5.96. The number of carbonyl (C=O) groups excluding carboxylic acids is 3. The largest absolute Gasteiger partial charge is 0.465 e. The maximum absolute atomic E-state index is 12.3. The maximum atomic E-state index is 12.3. The number of hydrogen-bond acceptors (Lipinski definition) is 6. The maximum Gasteiger partial charge on any atom is 0.340 e. The Morgan fingerprint density at radius 3 is 2.88 bits per heavy atom. The predicted molar refractivity (Wildman–Crippen MR) is 105 cm³/mol. The van der Waals surface area contributed by atoms with Crippen LogP contribution in [0.25, 0.3) is 0 Å². The zero-order valence-corrected chi connectivity index (χ0v) is 16.6. The van der Waals surface area contributed by atoms with Gasteiger partial charge in [-0.25, -0.2) is 4.79 Å². The minimum Gasteiger partial charge on any atom is -0.465 e. The molecule has 2 atom stereocenters. The topological polar surface area (TPSA) is 84.5 Å². The lowest BCUT2D eigenvalue weighted by atomic mass is 10.0. The van der Waals surface area contributed by atoms with Crippen molar-refractivity contribution in [3.8, 4) is 0 Å². The predicted octanol–water partition coefficient (Wildman–Crippen LogP) is 2.42. The van der Waals surface area contributed by atoms with Gasteiger partial charge in [-0.2, -0.15) is 0 Å². The molecule has 2 rings (SSSR count). The summed E-state index contributed by atoms with van der Waals surface area (Å²) in [5.41, 5.74) is 0.966. The number of rotatable bonds is 5. The van der Waals surface area contributed by atoms with Crippen LogP contribution in [0.1, 0.15) is 26.7 Å².